The Morgan fingerprint density at radius 3 is 0.976 bits per heavy atom. The molecule has 0 nitrogen and oxygen atoms in total. The molecule has 0 saturated heterocycles. The predicted octanol–water partition coefficient (Wildman–Crippen LogP) is 20.3. The van der Waals surface area contributed by atoms with Crippen molar-refractivity contribution in [2.45, 2.75) is 91.6 Å². The molecule has 0 spiro atoms. The van der Waals surface area contributed by atoms with E-state index in [4.69, 9.17) is 0 Å². The Labute approximate surface area is 456 Å². The van der Waals surface area contributed by atoms with Gasteiger partial charge in [0.1, 0.15) is 31.2 Å². The van der Waals surface area contributed by atoms with E-state index in [0.717, 1.165) is 12.7 Å². The molecule has 0 aromatic heterocycles. The first kappa shape index (κ1) is 64.6. The Kier molecular flexibility index (Phi) is 17.0. The molecule has 33 heteroatoms. The first-order chi connectivity index (χ1) is 39.3. The lowest BCUT2D eigenvalue weighted by Gasteiger charge is -2.57. The van der Waals surface area contributed by atoms with E-state index in [2.05, 4.69) is 0 Å². The highest BCUT2D eigenvalue weighted by molar-refractivity contribution is 7.59. The Morgan fingerprint density at radius 2 is 0.706 bits per heavy atom. The number of alkyl halides is 7. The van der Waals surface area contributed by atoms with Crippen molar-refractivity contribution in [1.82, 2.24) is 0 Å². The summed E-state index contributed by atoms with van der Waals surface area (Å²) < 4.78 is 470. The van der Waals surface area contributed by atoms with Gasteiger partial charge < -0.3 is 0 Å². The summed E-state index contributed by atoms with van der Waals surface area (Å²) in [7, 11) is -2.99. The van der Waals surface area contributed by atoms with Crippen molar-refractivity contribution in [2.24, 2.45) is 0 Å². The minimum Gasteiger partial charge on any atom is -0.236 e. The van der Waals surface area contributed by atoms with Crippen LogP contribution in [0.4, 0.5) is 136 Å². The largest absolute Gasteiger partial charge is 0.389 e. The molecule has 0 saturated carbocycles. The van der Waals surface area contributed by atoms with E-state index in [1.165, 1.54) is 12.2 Å². The van der Waals surface area contributed by atoms with Crippen molar-refractivity contribution < 1.29 is 136 Å². The zero-order valence-electron chi connectivity index (χ0n) is 41.4. The van der Waals surface area contributed by atoms with E-state index in [0.29, 0.717) is 0 Å². The van der Waals surface area contributed by atoms with E-state index in [1.807, 2.05) is 0 Å². The molecule has 460 valence electrons. The summed E-state index contributed by atoms with van der Waals surface area (Å²) in [6.07, 6.45) is -9.24. The summed E-state index contributed by atoms with van der Waals surface area (Å²) in [5, 5.41) is -2.19. The van der Waals surface area contributed by atoms with E-state index >= 15 is 87.8 Å². The number of unbranched alkanes of at least 4 members (excludes halogenated alkanes) is 3. The van der Waals surface area contributed by atoms with Gasteiger partial charge in [0, 0.05) is 12.8 Å². The minimum atomic E-state index is -6.83. The van der Waals surface area contributed by atoms with Gasteiger partial charge >= 0.3 is 11.8 Å². The predicted molar refractivity (Wildman–Crippen MR) is 243 cm³/mol. The van der Waals surface area contributed by atoms with Gasteiger partial charge in [0.15, 0.2) is 116 Å². The quantitative estimate of drug-likeness (QED) is 0.0313. The summed E-state index contributed by atoms with van der Waals surface area (Å²) in [5.41, 5.74) is -25.7. The standard InChI is InChI=1S/C36H4BF24.C16H22F7P/c38-13-1-5(21(46)33(58)29(13)54)17(42)25(50)9(1)37(10-2-6(18(43)26(10)51)22(47)34(59)30(55)14(2)39,11-3-7(19(44)27(11)52)23(48)35(60)31(56)15(3)40)12-4-8(20(45)28(12)53)24(49)36(61)32(57)16(4)41;1-24(14(18)10-6-4-7-11-14)16(22,23)13(17)9-5-2-3-8-12-15(19,20)21/h9-12H;4,6-7,10,13H,2-3,5,8-9,11-12H2,1H3/q-1;/p+1. The highest BCUT2D eigenvalue weighted by atomic mass is 31.1. The van der Waals surface area contributed by atoms with Gasteiger partial charge in [0.2, 0.25) is 11.6 Å². The fraction of sp³-hybridized carbons (Fsp3) is 0.308. The molecule has 0 heterocycles. The third-order valence-electron chi connectivity index (χ3n) is 15.8. The fourth-order valence-corrected chi connectivity index (χ4v) is 14.0. The maximum atomic E-state index is 17.0. The van der Waals surface area contributed by atoms with Crippen LogP contribution in [0.1, 0.15) is 113 Å². The van der Waals surface area contributed by atoms with Gasteiger partial charge in [-0.2, -0.15) is 26.3 Å². The molecular weight excluding hydrogens is 1260 g/mol. The maximum absolute atomic E-state index is 17.0. The molecule has 4 aromatic carbocycles. The van der Waals surface area contributed by atoms with E-state index in [1.54, 1.807) is 6.08 Å². The molecule has 0 aliphatic heterocycles. The van der Waals surface area contributed by atoms with Crippen LogP contribution in [0.3, 0.4) is 0 Å². The summed E-state index contributed by atoms with van der Waals surface area (Å²) in [5.74, 6) is -96.3. The lowest BCUT2D eigenvalue weighted by atomic mass is 9.02. The van der Waals surface area contributed by atoms with Gasteiger partial charge in [-0.05, 0) is 41.2 Å². The van der Waals surface area contributed by atoms with Crippen molar-refractivity contribution in [1.29, 1.82) is 0 Å². The number of rotatable bonds is 13. The number of hydrogen-bond acceptors (Lipinski definition) is 0. The summed E-state index contributed by atoms with van der Waals surface area (Å²) in [4.78, 5) is 0. The molecule has 5 aliphatic rings. The topological polar surface area (TPSA) is 0 Å². The minimum absolute atomic E-state index is 0.0682. The summed E-state index contributed by atoms with van der Waals surface area (Å²) in [6.45, 7) is 1.09. The molecule has 0 bridgehead atoms. The molecular formula is C52H27BF31P. The van der Waals surface area contributed by atoms with Crippen LogP contribution in [-0.2, 0) is 0 Å². The third-order valence-corrected chi connectivity index (χ3v) is 18.7. The number of allylic oxidation sites excluding steroid dienone is 8. The monoisotopic (exact) mass is 1280 g/mol. The normalized spacial score (nSPS) is 22.4. The average Bonchev–Trinajstić information content (AvgIpc) is 1.53. The van der Waals surface area contributed by atoms with Crippen molar-refractivity contribution in [3.63, 3.8) is 0 Å². The zero-order chi connectivity index (χ0) is 63.7. The Bertz CT molecular complexity index is 3310. The third kappa shape index (κ3) is 9.55. The average molecular weight is 1280 g/mol. The van der Waals surface area contributed by atoms with Gasteiger partial charge in [0.05, 0.1) is 35.1 Å². The second-order valence-corrected chi connectivity index (χ2v) is 22.8. The molecule has 5 aliphatic carbocycles. The molecule has 7 unspecified atom stereocenters. The highest BCUT2D eigenvalue weighted by Crippen LogP contribution is 2.72. The van der Waals surface area contributed by atoms with Gasteiger partial charge in [-0.15, -0.1) is 0 Å². The molecule has 9 rings (SSSR count). The molecule has 7 atom stereocenters. The smallest absolute Gasteiger partial charge is 0.236 e. The molecule has 4 aromatic rings. The molecule has 0 radical (unpaired) electrons. The van der Waals surface area contributed by atoms with Crippen LogP contribution in [0, 0.1) is 93.1 Å². The number of benzene rings is 4. The Morgan fingerprint density at radius 1 is 0.424 bits per heavy atom. The van der Waals surface area contributed by atoms with E-state index in [-0.39, 0.29) is 32.1 Å². The molecule has 0 N–H and O–H groups in total. The van der Waals surface area contributed by atoms with Gasteiger partial charge in [-0.1, -0.05) is 60.8 Å². The van der Waals surface area contributed by atoms with Crippen molar-refractivity contribution in [3.8, 4) is 0 Å². The SMILES string of the molecule is C[PH+](C1(F)C=CC=CC1)C(F)(F)C(F)CCCCCCC(F)(F)F.FC1=C(F)C([B-](C2C(F)=C(F)c3c(F)c(F)c(F)c(F)c32)(C2C(F)=C(F)c3c(F)c(F)c(F)c(F)c32)C2C(F)=C(F)c3c(F)c(F)c(F)c(F)c32)c2c(F)c(F)c(F)c(F)c21. The van der Waals surface area contributed by atoms with Gasteiger partial charge in [-0.3, -0.25) is 0 Å². The number of hydrogen-bond donors (Lipinski definition) is 0. The van der Waals surface area contributed by atoms with E-state index in [9.17, 15) is 48.3 Å². The van der Waals surface area contributed by atoms with Crippen molar-refractivity contribution in [2.75, 3.05) is 6.66 Å². The second kappa shape index (κ2) is 22.4. The second-order valence-electron chi connectivity index (χ2n) is 20.0. The summed E-state index contributed by atoms with van der Waals surface area (Å²) in [6, 6.07) is 0. The van der Waals surface area contributed by atoms with Crippen LogP contribution in [0.2, 0.25) is 0 Å². The molecule has 0 amide bonds. The van der Waals surface area contributed by atoms with Crippen LogP contribution in [0.25, 0.3) is 23.3 Å². The Balaban J connectivity index is 0.000000330. The van der Waals surface area contributed by atoms with Crippen LogP contribution >= 0.6 is 7.92 Å². The maximum Gasteiger partial charge on any atom is 0.389 e. The van der Waals surface area contributed by atoms with Crippen molar-refractivity contribution >= 4 is 37.4 Å². The van der Waals surface area contributed by atoms with Crippen LogP contribution < -0.4 is 0 Å². The zero-order valence-corrected chi connectivity index (χ0v) is 42.4. The van der Waals surface area contributed by atoms with Crippen LogP contribution in [-0.4, -0.2) is 36.2 Å². The molecule has 85 heavy (non-hydrogen) atoms. The lowest BCUT2D eigenvalue weighted by Crippen LogP contribution is -2.59. The fourth-order valence-electron chi connectivity index (χ4n) is 12.0. The first-order valence-electron chi connectivity index (χ1n) is 24.1. The highest BCUT2D eigenvalue weighted by Gasteiger charge is 2.68. The lowest BCUT2D eigenvalue weighted by molar-refractivity contribution is -0.135. The summed E-state index contributed by atoms with van der Waals surface area (Å²) >= 11 is 0. The van der Waals surface area contributed by atoms with Crippen molar-refractivity contribution in [3.05, 3.63) is 185 Å². The Hall–Kier alpha value is -6.36. The molecule has 0 fully saturated rings. The van der Waals surface area contributed by atoms with Gasteiger partial charge in [-0.25, -0.2) is 110 Å². The first-order valence-corrected chi connectivity index (χ1v) is 26.1. The number of halogens is 31. The number of fused-ring (bicyclic) bond motifs is 4. The van der Waals surface area contributed by atoms with E-state index < -0.39 is 258 Å². The van der Waals surface area contributed by atoms with Crippen LogP contribution in [0.15, 0.2) is 47.6 Å². The van der Waals surface area contributed by atoms with Crippen LogP contribution in [0.5, 0.6) is 0 Å². The van der Waals surface area contributed by atoms with Gasteiger partial charge in [0.25, 0.3) is 0 Å².